The molecule has 0 bridgehead atoms. The van der Waals surface area contributed by atoms with Crippen LogP contribution in [-0.2, 0) is 0 Å². The van der Waals surface area contributed by atoms with E-state index in [1.54, 1.807) is 7.11 Å². The summed E-state index contributed by atoms with van der Waals surface area (Å²) in [5.74, 6) is 0.878. The van der Waals surface area contributed by atoms with Gasteiger partial charge in [-0.25, -0.2) is 0 Å². The minimum absolute atomic E-state index is 0.0678. The summed E-state index contributed by atoms with van der Waals surface area (Å²) in [6.07, 6.45) is 0. The predicted octanol–water partition coefficient (Wildman–Crippen LogP) is 3.45. The maximum Gasteiger partial charge on any atom is 0.118 e. The SMILES string of the molecule is COc1ccc(C(C(C)N)N(C)C(C)C(C)(C)C)cc1. The molecule has 0 aliphatic heterocycles. The monoisotopic (exact) mass is 278 g/mol. The molecule has 3 nitrogen and oxygen atoms in total. The number of nitrogens with two attached hydrogens (primary N) is 1. The second-order valence-corrected chi connectivity index (χ2v) is 6.78. The highest BCUT2D eigenvalue weighted by Crippen LogP contribution is 2.32. The minimum atomic E-state index is 0.0678. The van der Waals surface area contributed by atoms with E-state index in [1.807, 2.05) is 12.1 Å². The van der Waals surface area contributed by atoms with E-state index in [4.69, 9.17) is 10.5 Å². The predicted molar refractivity (Wildman–Crippen MR) is 86.1 cm³/mol. The Morgan fingerprint density at radius 2 is 1.60 bits per heavy atom. The average molecular weight is 278 g/mol. The number of hydrogen-bond donors (Lipinski definition) is 1. The quantitative estimate of drug-likeness (QED) is 0.896. The fraction of sp³-hybridized carbons (Fsp3) is 0.647. The van der Waals surface area contributed by atoms with Crippen molar-refractivity contribution in [1.82, 2.24) is 4.90 Å². The summed E-state index contributed by atoms with van der Waals surface area (Å²) in [6.45, 7) is 11.1. The topological polar surface area (TPSA) is 38.5 Å². The Morgan fingerprint density at radius 3 is 1.95 bits per heavy atom. The van der Waals surface area contributed by atoms with Gasteiger partial charge in [0.1, 0.15) is 5.75 Å². The van der Waals surface area contributed by atoms with Gasteiger partial charge >= 0.3 is 0 Å². The lowest BCUT2D eigenvalue weighted by Gasteiger charge is -2.42. The normalized spacial score (nSPS) is 16.9. The fourth-order valence-electron chi connectivity index (χ4n) is 2.56. The van der Waals surface area contributed by atoms with Gasteiger partial charge in [-0.15, -0.1) is 0 Å². The van der Waals surface area contributed by atoms with Crippen LogP contribution in [0.5, 0.6) is 5.75 Å². The standard InChI is InChI=1S/C17H30N2O/c1-12(18)16(19(6)13(2)17(3,4)5)14-8-10-15(20-7)11-9-14/h8-13,16H,18H2,1-7H3. The van der Waals surface area contributed by atoms with Gasteiger partial charge in [0.25, 0.3) is 0 Å². The highest BCUT2D eigenvalue weighted by molar-refractivity contribution is 5.30. The van der Waals surface area contributed by atoms with Crippen LogP contribution in [0.1, 0.15) is 46.2 Å². The molecule has 0 saturated carbocycles. The second kappa shape index (κ2) is 6.59. The van der Waals surface area contributed by atoms with Gasteiger partial charge in [-0.1, -0.05) is 32.9 Å². The third kappa shape index (κ3) is 3.97. The summed E-state index contributed by atoms with van der Waals surface area (Å²) >= 11 is 0. The summed E-state index contributed by atoms with van der Waals surface area (Å²) in [6, 6.07) is 8.92. The molecule has 0 radical (unpaired) electrons. The number of methoxy groups -OCH3 is 1. The molecule has 114 valence electrons. The zero-order valence-corrected chi connectivity index (χ0v) is 14.0. The molecule has 0 amide bonds. The van der Waals surface area contributed by atoms with Crippen LogP contribution in [0.4, 0.5) is 0 Å². The number of nitrogens with zero attached hydrogens (tertiary/aromatic N) is 1. The van der Waals surface area contributed by atoms with Gasteiger partial charge in [0.05, 0.1) is 7.11 Å². The van der Waals surface area contributed by atoms with E-state index in [0.717, 1.165) is 5.75 Å². The Hall–Kier alpha value is -1.06. The Balaban J connectivity index is 3.04. The maximum atomic E-state index is 6.25. The van der Waals surface area contributed by atoms with Gasteiger partial charge in [-0.2, -0.15) is 0 Å². The van der Waals surface area contributed by atoms with E-state index >= 15 is 0 Å². The molecule has 0 aliphatic rings. The van der Waals surface area contributed by atoms with E-state index in [-0.39, 0.29) is 17.5 Å². The Labute approximate surface area is 124 Å². The van der Waals surface area contributed by atoms with Gasteiger partial charge < -0.3 is 10.5 Å². The maximum absolute atomic E-state index is 6.25. The van der Waals surface area contributed by atoms with Crippen LogP contribution in [0.25, 0.3) is 0 Å². The van der Waals surface area contributed by atoms with Crippen molar-refractivity contribution in [2.45, 2.75) is 52.7 Å². The van der Waals surface area contributed by atoms with Crippen molar-refractivity contribution in [2.75, 3.05) is 14.2 Å². The summed E-state index contributed by atoms with van der Waals surface area (Å²) in [4.78, 5) is 2.38. The number of hydrogen-bond acceptors (Lipinski definition) is 3. The van der Waals surface area contributed by atoms with Crippen LogP contribution in [0.2, 0.25) is 0 Å². The Kier molecular flexibility index (Phi) is 5.60. The number of rotatable bonds is 5. The molecule has 1 rings (SSSR count). The zero-order chi connectivity index (χ0) is 15.5. The Morgan fingerprint density at radius 1 is 1.10 bits per heavy atom. The molecular formula is C17H30N2O. The van der Waals surface area contributed by atoms with Crippen LogP contribution in [0, 0.1) is 5.41 Å². The molecule has 0 spiro atoms. The van der Waals surface area contributed by atoms with Crippen molar-refractivity contribution in [3.8, 4) is 5.75 Å². The number of likely N-dealkylation sites (N-methyl/N-ethyl adjacent to an activating group) is 1. The first-order valence-electron chi connectivity index (χ1n) is 7.30. The van der Waals surface area contributed by atoms with Crippen LogP contribution in [-0.4, -0.2) is 31.1 Å². The highest BCUT2D eigenvalue weighted by atomic mass is 16.5. The molecule has 20 heavy (non-hydrogen) atoms. The second-order valence-electron chi connectivity index (χ2n) is 6.78. The summed E-state index contributed by atoms with van der Waals surface area (Å²) in [5.41, 5.74) is 7.70. The smallest absolute Gasteiger partial charge is 0.118 e. The lowest BCUT2D eigenvalue weighted by atomic mass is 9.85. The van der Waals surface area contributed by atoms with Gasteiger partial charge in [0, 0.05) is 18.1 Å². The van der Waals surface area contributed by atoms with Gasteiger partial charge in [-0.3, -0.25) is 4.90 Å². The van der Waals surface area contributed by atoms with Gasteiger partial charge in [-0.05, 0) is 44.0 Å². The molecule has 0 heterocycles. The van der Waals surface area contributed by atoms with Crippen molar-refractivity contribution < 1.29 is 4.74 Å². The number of ether oxygens (including phenoxy) is 1. The molecule has 3 heteroatoms. The first kappa shape index (κ1) is 17.0. The van der Waals surface area contributed by atoms with E-state index in [2.05, 4.69) is 58.7 Å². The summed E-state index contributed by atoms with van der Waals surface area (Å²) in [7, 11) is 3.85. The molecule has 0 aromatic heterocycles. The van der Waals surface area contributed by atoms with Gasteiger partial charge in [0.15, 0.2) is 0 Å². The van der Waals surface area contributed by atoms with Crippen molar-refractivity contribution >= 4 is 0 Å². The van der Waals surface area contributed by atoms with E-state index in [1.165, 1.54) is 5.56 Å². The van der Waals surface area contributed by atoms with Crippen molar-refractivity contribution in [3.05, 3.63) is 29.8 Å². The fourth-order valence-corrected chi connectivity index (χ4v) is 2.56. The van der Waals surface area contributed by atoms with Crippen molar-refractivity contribution in [2.24, 2.45) is 11.1 Å². The zero-order valence-electron chi connectivity index (χ0n) is 14.0. The van der Waals surface area contributed by atoms with E-state index < -0.39 is 0 Å². The van der Waals surface area contributed by atoms with Crippen LogP contribution >= 0.6 is 0 Å². The summed E-state index contributed by atoms with van der Waals surface area (Å²) < 4.78 is 5.23. The molecule has 0 fully saturated rings. The van der Waals surface area contributed by atoms with Crippen molar-refractivity contribution in [1.29, 1.82) is 0 Å². The minimum Gasteiger partial charge on any atom is -0.497 e. The molecule has 3 unspecified atom stereocenters. The highest BCUT2D eigenvalue weighted by Gasteiger charge is 2.31. The molecule has 3 atom stereocenters. The third-order valence-corrected chi connectivity index (χ3v) is 4.26. The first-order chi connectivity index (χ1) is 9.18. The molecule has 0 saturated heterocycles. The lowest BCUT2D eigenvalue weighted by Crippen LogP contribution is -2.46. The van der Waals surface area contributed by atoms with Crippen molar-refractivity contribution in [3.63, 3.8) is 0 Å². The molecular weight excluding hydrogens is 248 g/mol. The average Bonchev–Trinajstić information content (AvgIpc) is 2.37. The lowest BCUT2D eigenvalue weighted by molar-refractivity contribution is 0.0867. The molecule has 1 aromatic rings. The van der Waals surface area contributed by atoms with Crippen LogP contribution in [0.15, 0.2) is 24.3 Å². The van der Waals surface area contributed by atoms with E-state index in [9.17, 15) is 0 Å². The summed E-state index contributed by atoms with van der Waals surface area (Å²) in [5, 5.41) is 0. The van der Waals surface area contributed by atoms with E-state index in [0.29, 0.717) is 6.04 Å². The molecule has 0 aliphatic carbocycles. The van der Waals surface area contributed by atoms with Crippen LogP contribution in [0.3, 0.4) is 0 Å². The largest absolute Gasteiger partial charge is 0.497 e. The third-order valence-electron chi connectivity index (χ3n) is 4.26. The van der Waals surface area contributed by atoms with Gasteiger partial charge in [0.2, 0.25) is 0 Å². The first-order valence-corrected chi connectivity index (χ1v) is 7.30. The van der Waals surface area contributed by atoms with Crippen LogP contribution < -0.4 is 10.5 Å². The molecule has 1 aromatic carbocycles. The molecule has 2 N–H and O–H groups in total. The number of benzene rings is 1. The Bertz CT molecular complexity index is 406.